The number of methoxy groups -OCH3 is 2. The topological polar surface area (TPSA) is 65.4 Å². The summed E-state index contributed by atoms with van der Waals surface area (Å²) in [6, 6.07) is 0. The lowest BCUT2D eigenvalue weighted by Crippen LogP contribution is -2.44. The summed E-state index contributed by atoms with van der Waals surface area (Å²) < 4.78 is 9.91. The van der Waals surface area contributed by atoms with Crippen LogP contribution in [0.3, 0.4) is 0 Å². The van der Waals surface area contributed by atoms with Crippen molar-refractivity contribution in [3.05, 3.63) is 0 Å². The first-order valence-corrected chi connectivity index (χ1v) is 6.22. The zero-order valence-electron chi connectivity index (χ0n) is 12.0. The van der Waals surface area contributed by atoms with Crippen LogP contribution in [0.25, 0.3) is 0 Å². The Hall–Kier alpha value is -0.240. The maximum absolute atomic E-state index is 9.87. The van der Waals surface area contributed by atoms with Crippen molar-refractivity contribution in [2.24, 2.45) is 0 Å². The van der Waals surface area contributed by atoms with E-state index in [9.17, 15) is 10.2 Å². The highest BCUT2D eigenvalue weighted by Crippen LogP contribution is 1.99. The summed E-state index contributed by atoms with van der Waals surface area (Å²) in [6.07, 6.45) is -1.51. The van der Waals surface area contributed by atoms with Crippen LogP contribution in [0.1, 0.15) is 0 Å². The second-order valence-electron chi connectivity index (χ2n) is 4.64. The van der Waals surface area contributed by atoms with Crippen molar-refractivity contribution in [3.8, 4) is 0 Å². The zero-order valence-corrected chi connectivity index (χ0v) is 12.0. The molecule has 0 aliphatic carbocycles. The zero-order chi connectivity index (χ0) is 14.0. The molecule has 0 bridgehead atoms. The summed E-state index contributed by atoms with van der Waals surface area (Å²) in [4.78, 5) is 3.87. The fraction of sp³-hybridized carbons (Fsp3) is 1.00. The Morgan fingerprint density at radius 2 is 1.17 bits per heavy atom. The van der Waals surface area contributed by atoms with Crippen molar-refractivity contribution >= 4 is 0 Å². The molecule has 0 aromatic carbocycles. The van der Waals surface area contributed by atoms with Crippen LogP contribution in [0.15, 0.2) is 0 Å². The Morgan fingerprint density at radius 3 is 1.44 bits per heavy atom. The predicted molar refractivity (Wildman–Crippen MR) is 70.8 cm³/mol. The second-order valence-corrected chi connectivity index (χ2v) is 4.64. The lowest BCUT2D eigenvalue weighted by molar-refractivity contribution is -0.0171. The second kappa shape index (κ2) is 10.7. The van der Waals surface area contributed by atoms with Gasteiger partial charge in [0.05, 0.1) is 25.4 Å². The van der Waals surface area contributed by atoms with Gasteiger partial charge in [-0.3, -0.25) is 0 Å². The predicted octanol–water partition coefficient (Wildman–Crippen LogP) is -1.14. The third kappa shape index (κ3) is 8.79. The molecular formula is C12H28N2O4. The minimum absolute atomic E-state index is 0.433. The largest absolute Gasteiger partial charge is 0.389 e. The number of ether oxygens (including phenoxy) is 2. The van der Waals surface area contributed by atoms with E-state index in [4.69, 9.17) is 9.47 Å². The van der Waals surface area contributed by atoms with Gasteiger partial charge >= 0.3 is 0 Å². The SMILES string of the molecule is COCCN(C)CC(O)[C@H](O)CN(C)CCOC. The van der Waals surface area contributed by atoms with Gasteiger partial charge in [0, 0.05) is 40.4 Å². The molecule has 0 fully saturated rings. The molecule has 18 heavy (non-hydrogen) atoms. The first-order valence-electron chi connectivity index (χ1n) is 6.22. The number of nitrogens with zero attached hydrogens (tertiary/aromatic N) is 2. The molecular weight excluding hydrogens is 236 g/mol. The standard InChI is InChI=1S/C12H28N2O4/c1-13(5-7-17-3)9-11(15)12(16)10-14(2)6-8-18-4/h11-12,15-16H,5-10H2,1-4H3/t11-,12?/m1/s1. The molecule has 0 aliphatic heterocycles. The van der Waals surface area contributed by atoms with E-state index >= 15 is 0 Å². The van der Waals surface area contributed by atoms with Gasteiger partial charge in [0.25, 0.3) is 0 Å². The van der Waals surface area contributed by atoms with E-state index in [0.717, 1.165) is 13.1 Å². The average molecular weight is 264 g/mol. The Morgan fingerprint density at radius 1 is 0.833 bits per heavy atom. The third-order valence-corrected chi connectivity index (χ3v) is 2.80. The van der Waals surface area contributed by atoms with Crippen molar-refractivity contribution < 1.29 is 19.7 Å². The van der Waals surface area contributed by atoms with Gasteiger partial charge in [-0.15, -0.1) is 0 Å². The highest BCUT2D eigenvalue weighted by atomic mass is 16.5. The average Bonchev–Trinajstić information content (AvgIpc) is 2.33. The van der Waals surface area contributed by atoms with Crippen LogP contribution in [0.4, 0.5) is 0 Å². The van der Waals surface area contributed by atoms with E-state index < -0.39 is 12.2 Å². The molecule has 2 N–H and O–H groups in total. The van der Waals surface area contributed by atoms with E-state index in [0.29, 0.717) is 26.3 Å². The highest BCUT2D eigenvalue weighted by Gasteiger charge is 2.19. The maximum Gasteiger partial charge on any atom is 0.0938 e. The molecule has 6 heteroatoms. The summed E-state index contributed by atoms with van der Waals surface area (Å²) in [5.74, 6) is 0. The van der Waals surface area contributed by atoms with Gasteiger partial charge in [0.1, 0.15) is 0 Å². The molecule has 1 unspecified atom stereocenters. The molecule has 0 rings (SSSR count). The molecule has 0 radical (unpaired) electrons. The van der Waals surface area contributed by atoms with E-state index in [1.165, 1.54) is 0 Å². The minimum Gasteiger partial charge on any atom is -0.389 e. The fourth-order valence-corrected chi connectivity index (χ4v) is 1.56. The van der Waals surface area contributed by atoms with Crippen LogP contribution < -0.4 is 0 Å². The van der Waals surface area contributed by atoms with Gasteiger partial charge in [-0.25, -0.2) is 0 Å². The smallest absolute Gasteiger partial charge is 0.0938 e. The fourth-order valence-electron chi connectivity index (χ4n) is 1.56. The molecule has 0 aliphatic rings. The van der Waals surface area contributed by atoms with Gasteiger partial charge in [-0.1, -0.05) is 0 Å². The van der Waals surface area contributed by atoms with Crippen LogP contribution in [0.5, 0.6) is 0 Å². The van der Waals surface area contributed by atoms with Crippen molar-refractivity contribution in [3.63, 3.8) is 0 Å². The van der Waals surface area contributed by atoms with Gasteiger partial charge in [0.15, 0.2) is 0 Å². The molecule has 0 amide bonds. The molecule has 0 saturated heterocycles. The van der Waals surface area contributed by atoms with Gasteiger partial charge in [-0.2, -0.15) is 0 Å². The summed E-state index contributed by atoms with van der Waals surface area (Å²) in [6.45, 7) is 3.57. The normalized spacial score (nSPS) is 15.3. The van der Waals surface area contributed by atoms with Gasteiger partial charge in [-0.05, 0) is 14.1 Å². The summed E-state index contributed by atoms with van der Waals surface area (Å²) in [5.41, 5.74) is 0. The number of rotatable bonds is 11. The van der Waals surface area contributed by atoms with Crippen LogP contribution in [-0.2, 0) is 9.47 Å². The first kappa shape index (κ1) is 17.8. The molecule has 0 spiro atoms. The third-order valence-electron chi connectivity index (χ3n) is 2.80. The number of aliphatic hydroxyl groups excluding tert-OH is 2. The molecule has 6 nitrogen and oxygen atoms in total. The Kier molecular flexibility index (Phi) is 10.5. The monoisotopic (exact) mass is 264 g/mol. The first-order chi connectivity index (χ1) is 8.51. The minimum atomic E-state index is -0.753. The van der Waals surface area contributed by atoms with Crippen molar-refractivity contribution in [2.75, 3.05) is 67.7 Å². The molecule has 0 aromatic rings. The van der Waals surface area contributed by atoms with E-state index in [-0.39, 0.29) is 0 Å². The molecule has 0 saturated carbocycles. The van der Waals surface area contributed by atoms with Crippen molar-refractivity contribution in [2.45, 2.75) is 12.2 Å². The Balaban J connectivity index is 3.83. The highest BCUT2D eigenvalue weighted by molar-refractivity contribution is 4.73. The lowest BCUT2D eigenvalue weighted by atomic mass is 10.2. The number of hydrogen-bond donors (Lipinski definition) is 2. The lowest BCUT2D eigenvalue weighted by Gasteiger charge is -2.26. The summed E-state index contributed by atoms with van der Waals surface area (Å²) >= 11 is 0. The molecule has 2 atom stereocenters. The number of hydrogen-bond acceptors (Lipinski definition) is 6. The molecule has 0 aromatic heterocycles. The number of aliphatic hydroxyl groups is 2. The molecule has 0 heterocycles. The summed E-state index contributed by atoms with van der Waals surface area (Å²) in [5, 5.41) is 19.7. The van der Waals surface area contributed by atoms with Crippen LogP contribution >= 0.6 is 0 Å². The Labute approximate surface area is 110 Å². The quantitative estimate of drug-likeness (QED) is 0.492. The Bertz CT molecular complexity index is 175. The molecule has 110 valence electrons. The van der Waals surface area contributed by atoms with E-state index in [2.05, 4.69) is 0 Å². The van der Waals surface area contributed by atoms with Crippen LogP contribution in [-0.4, -0.2) is 99.9 Å². The maximum atomic E-state index is 9.87. The summed E-state index contributed by atoms with van der Waals surface area (Å²) in [7, 11) is 7.07. The van der Waals surface area contributed by atoms with E-state index in [1.54, 1.807) is 14.2 Å². The van der Waals surface area contributed by atoms with E-state index in [1.807, 2.05) is 23.9 Å². The van der Waals surface area contributed by atoms with Crippen LogP contribution in [0.2, 0.25) is 0 Å². The van der Waals surface area contributed by atoms with Crippen molar-refractivity contribution in [1.82, 2.24) is 9.80 Å². The van der Waals surface area contributed by atoms with Crippen LogP contribution in [0, 0.1) is 0 Å². The van der Waals surface area contributed by atoms with Gasteiger partial charge < -0.3 is 29.5 Å². The van der Waals surface area contributed by atoms with Crippen molar-refractivity contribution in [1.29, 1.82) is 0 Å². The van der Waals surface area contributed by atoms with Gasteiger partial charge in [0.2, 0.25) is 0 Å². The number of likely N-dealkylation sites (N-methyl/N-ethyl adjacent to an activating group) is 2.